The van der Waals surface area contributed by atoms with E-state index in [1.54, 1.807) is 0 Å². The number of rotatable bonds is 4. The average molecular weight is 271 g/mol. The summed E-state index contributed by atoms with van der Waals surface area (Å²) in [6.45, 7) is 11.8. The van der Waals surface area contributed by atoms with Crippen LogP contribution in [-0.4, -0.2) is 41.4 Å². The summed E-state index contributed by atoms with van der Waals surface area (Å²) < 4.78 is 5.41. The highest BCUT2D eigenvalue weighted by Crippen LogP contribution is 2.32. The Morgan fingerprint density at radius 1 is 1.42 bits per heavy atom. The van der Waals surface area contributed by atoms with Crippen molar-refractivity contribution in [3.05, 3.63) is 0 Å². The van der Waals surface area contributed by atoms with Crippen LogP contribution < -0.4 is 0 Å². The van der Waals surface area contributed by atoms with Crippen molar-refractivity contribution in [3.8, 4) is 0 Å². The zero-order chi connectivity index (χ0) is 14.6. The molecule has 2 unspecified atom stereocenters. The maximum atomic E-state index is 12.0. The smallest absolute Gasteiger partial charge is 0.410 e. The highest BCUT2D eigenvalue weighted by Gasteiger charge is 2.34. The number of amides is 1. The quantitative estimate of drug-likeness (QED) is 0.855. The summed E-state index contributed by atoms with van der Waals surface area (Å²) in [5.41, 5.74) is -0.433. The van der Waals surface area contributed by atoms with Crippen LogP contribution in [0.25, 0.3) is 0 Å². The predicted octanol–water partition coefficient (Wildman–Crippen LogP) is 2.90. The van der Waals surface area contributed by atoms with E-state index in [0.717, 1.165) is 25.9 Å². The van der Waals surface area contributed by atoms with Gasteiger partial charge in [0, 0.05) is 19.7 Å². The van der Waals surface area contributed by atoms with Gasteiger partial charge in [-0.05, 0) is 51.4 Å². The fraction of sp³-hybridized carbons (Fsp3) is 0.933. The van der Waals surface area contributed by atoms with Gasteiger partial charge in [0.15, 0.2) is 0 Å². The molecule has 1 amide bonds. The lowest BCUT2D eigenvalue weighted by Gasteiger charge is -2.28. The Morgan fingerprint density at radius 2 is 2.05 bits per heavy atom. The molecule has 1 N–H and O–H groups in total. The second kappa shape index (κ2) is 6.60. The van der Waals surface area contributed by atoms with Gasteiger partial charge in [-0.15, -0.1) is 0 Å². The van der Waals surface area contributed by atoms with Gasteiger partial charge in [-0.25, -0.2) is 4.79 Å². The molecule has 2 atom stereocenters. The average Bonchev–Trinajstić information content (AvgIpc) is 2.72. The van der Waals surface area contributed by atoms with Crippen molar-refractivity contribution in [1.29, 1.82) is 0 Å². The van der Waals surface area contributed by atoms with E-state index in [4.69, 9.17) is 9.84 Å². The summed E-state index contributed by atoms with van der Waals surface area (Å²) in [6, 6.07) is 0. The largest absolute Gasteiger partial charge is 0.444 e. The van der Waals surface area contributed by atoms with Crippen molar-refractivity contribution < 1.29 is 14.6 Å². The second-order valence-electron chi connectivity index (χ2n) is 6.90. The molecule has 0 aromatic carbocycles. The fourth-order valence-electron chi connectivity index (χ4n) is 2.89. The molecule has 4 nitrogen and oxygen atoms in total. The molecule has 1 heterocycles. The SMILES string of the molecule is CC(C)C(CCO)C1CCN(C(=O)OC(C)(C)C)C1. The van der Waals surface area contributed by atoms with E-state index in [9.17, 15) is 4.79 Å². The van der Waals surface area contributed by atoms with Gasteiger partial charge in [-0.1, -0.05) is 13.8 Å². The Bertz CT molecular complexity index is 296. The van der Waals surface area contributed by atoms with Crippen molar-refractivity contribution in [2.75, 3.05) is 19.7 Å². The van der Waals surface area contributed by atoms with E-state index in [1.807, 2.05) is 25.7 Å². The first-order chi connectivity index (χ1) is 8.74. The lowest BCUT2D eigenvalue weighted by atomic mass is 9.81. The van der Waals surface area contributed by atoms with Crippen LogP contribution in [0.15, 0.2) is 0 Å². The fourth-order valence-corrected chi connectivity index (χ4v) is 2.89. The van der Waals surface area contributed by atoms with E-state index in [1.165, 1.54) is 0 Å². The molecule has 0 radical (unpaired) electrons. The topological polar surface area (TPSA) is 49.8 Å². The zero-order valence-corrected chi connectivity index (χ0v) is 13.0. The maximum Gasteiger partial charge on any atom is 0.410 e. The van der Waals surface area contributed by atoms with Gasteiger partial charge in [0.1, 0.15) is 5.60 Å². The molecule has 0 aromatic rings. The Kier molecular flexibility index (Phi) is 5.65. The minimum Gasteiger partial charge on any atom is -0.444 e. The highest BCUT2D eigenvalue weighted by atomic mass is 16.6. The lowest BCUT2D eigenvalue weighted by molar-refractivity contribution is 0.0279. The monoisotopic (exact) mass is 271 g/mol. The molecule has 1 aliphatic heterocycles. The standard InChI is InChI=1S/C15H29NO3/c1-11(2)13(7-9-17)12-6-8-16(10-12)14(18)19-15(3,4)5/h11-13,17H,6-10H2,1-5H3. The van der Waals surface area contributed by atoms with Gasteiger partial charge < -0.3 is 14.7 Å². The molecule has 1 saturated heterocycles. The number of likely N-dealkylation sites (tertiary alicyclic amines) is 1. The lowest BCUT2D eigenvalue weighted by Crippen LogP contribution is -2.36. The number of aliphatic hydroxyl groups is 1. The summed E-state index contributed by atoms with van der Waals surface area (Å²) in [5.74, 6) is 1.51. The summed E-state index contributed by atoms with van der Waals surface area (Å²) >= 11 is 0. The van der Waals surface area contributed by atoms with Gasteiger partial charge in [0.2, 0.25) is 0 Å². The molecule has 0 aliphatic carbocycles. The van der Waals surface area contributed by atoms with Crippen molar-refractivity contribution >= 4 is 6.09 Å². The predicted molar refractivity (Wildman–Crippen MR) is 75.9 cm³/mol. The van der Waals surface area contributed by atoms with Crippen LogP contribution in [0.1, 0.15) is 47.5 Å². The second-order valence-corrected chi connectivity index (χ2v) is 6.90. The molecular formula is C15H29NO3. The molecular weight excluding hydrogens is 242 g/mol. The number of hydrogen-bond acceptors (Lipinski definition) is 3. The summed E-state index contributed by atoms with van der Waals surface area (Å²) in [4.78, 5) is 13.8. The summed E-state index contributed by atoms with van der Waals surface area (Å²) in [6.07, 6.45) is 1.63. The summed E-state index contributed by atoms with van der Waals surface area (Å²) in [7, 11) is 0. The van der Waals surface area contributed by atoms with Crippen LogP contribution >= 0.6 is 0 Å². The first kappa shape index (κ1) is 16.3. The van der Waals surface area contributed by atoms with E-state index >= 15 is 0 Å². The minimum absolute atomic E-state index is 0.207. The number of ether oxygens (including phenoxy) is 1. The Morgan fingerprint density at radius 3 is 2.53 bits per heavy atom. The van der Waals surface area contributed by atoms with Crippen molar-refractivity contribution in [2.45, 2.75) is 53.1 Å². The van der Waals surface area contributed by atoms with Gasteiger partial charge in [-0.2, -0.15) is 0 Å². The normalized spacial score (nSPS) is 21.8. The third kappa shape index (κ3) is 5.01. The number of hydrogen-bond donors (Lipinski definition) is 1. The minimum atomic E-state index is -0.433. The van der Waals surface area contributed by atoms with Gasteiger partial charge >= 0.3 is 6.09 Å². The molecule has 1 rings (SSSR count). The first-order valence-electron chi connectivity index (χ1n) is 7.33. The van der Waals surface area contributed by atoms with E-state index in [-0.39, 0.29) is 12.7 Å². The van der Waals surface area contributed by atoms with Crippen molar-refractivity contribution in [1.82, 2.24) is 4.90 Å². The Hall–Kier alpha value is -0.770. The number of aliphatic hydroxyl groups excluding tert-OH is 1. The molecule has 0 bridgehead atoms. The summed E-state index contributed by atoms with van der Waals surface area (Å²) in [5, 5.41) is 9.17. The molecule has 112 valence electrons. The molecule has 0 spiro atoms. The molecule has 1 fully saturated rings. The van der Waals surface area contributed by atoms with Gasteiger partial charge in [0.25, 0.3) is 0 Å². The number of carbonyl (C=O) groups excluding carboxylic acids is 1. The van der Waals surface area contributed by atoms with Gasteiger partial charge in [0.05, 0.1) is 0 Å². The van der Waals surface area contributed by atoms with Crippen molar-refractivity contribution in [2.24, 2.45) is 17.8 Å². The first-order valence-corrected chi connectivity index (χ1v) is 7.33. The van der Waals surface area contributed by atoms with E-state index < -0.39 is 5.60 Å². The van der Waals surface area contributed by atoms with Crippen LogP contribution in [0.2, 0.25) is 0 Å². The Labute approximate surface area is 117 Å². The van der Waals surface area contributed by atoms with Crippen LogP contribution in [0.3, 0.4) is 0 Å². The zero-order valence-electron chi connectivity index (χ0n) is 13.0. The van der Waals surface area contributed by atoms with Crippen LogP contribution in [-0.2, 0) is 4.74 Å². The highest BCUT2D eigenvalue weighted by molar-refractivity contribution is 5.68. The molecule has 0 saturated carbocycles. The van der Waals surface area contributed by atoms with Crippen LogP contribution in [0, 0.1) is 17.8 Å². The van der Waals surface area contributed by atoms with E-state index in [2.05, 4.69) is 13.8 Å². The maximum absolute atomic E-state index is 12.0. The number of nitrogens with zero attached hydrogens (tertiary/aromatic N) is 1. The molecule has 0 aromatic heterocycles. The van der Waals surface area contributed by atoms with Gasteiger partial charge in [-0.3, -0.25) is 0 Å². The van der Waals surface area contributed by atoms with Crippen molar-refractivity contribution in [3.63, 3.8) is 0 Å². The third-order valence-corrected chi connectivity index (χ3v) is 3.80. The Balaban J connectivity index is 2.54. The van der Waals surface area contributed by atoms with E-state index in [0.29, 0.717) is 17.8 Å². The molecule has 4 heteroatoms. The third-order valence-electron chi connectivity index (χ3n) is 3.80. The van der Waals surface area contributed by atoms with Crippen LogP contribution in [0.5, 0.6) is 0 Å². The molecule has 1 aliphatic rings. The van der Waals surface area contributed by atoms with Crippen LogP contribution in [0.4, 0.5) is 4.79 Å². The number of carbonyl (C=O) groups is 1. The molecule has 19 heavy (non-hydrogen) atoms.